The van der Waals surface area contributed by atoms with Gasteiger partial charge in [-0.25, -0.2) is 2.51 Å². The molecule has 0 aliphatic carbocycles. The average molecular weight is 557 g/mol. The highest BCUT2D eigenvalue weighted by atomic mass is 127. The number of hydrogen-bond donors (Lipinski definition) is 1. The van der Waals surface area contributed by atoms with Crippen molar-refractivity contribution in [1.29, 1.82) is 0 Å². The molecular formula is C22H28IN3O4S. The molecule has 2 fully saturated rings. The summed E-state index contributed by atoms with van der Waals surface area (Å²) >= 11 is 3.38. The van der Waals surface area contributed by atoms with Gasteiger partial charge < -0.3 is 10.2 Å². The van der Waals surface area contributed by atoms with E-state index in [1.807, 2.05) is 42.9 Å². The molecule has 1 aromatic rings. The molecule has 3 amide bonds. The second kappa shape index (κ2) is 10.8. The number of allylic oxidation sites excluding steroid dienone is 1. The molecule has 7 nitrogen and oxygen atoms in total. The number of benzene rings is 1. The van der Waals surface area contributed by atoms with Crippen LogP contribution in [-0.2, 0) is 7.31 Å². The minimum absolute atomic E-state index is 0.341. The number of anilines is 1. The number of carbonyl (C=O) groups excluding carboxylic acids is 3. The van der Waals surface area contributed by atoms with Crippen molar-refractivity contribution in [2.24, 2.45) is 5.92 Å². The van der Waals surface area contributed by atoms with E-state index in [-0.39, 0.29) is 11.8 Å². The predicted octanol–water partition coefficient (Wildman–Crippen LogP) is 4.33. The van der Waals surface area contributed by atoms with E-state index in [0.717, 1.165) is 42.3 Å². The Morgan fingerprint density at radius 3 is 2.45 bits per heavy atom. The summed E-state index contributed by atoms with van der Waals surface area (Å²) in [5.41, 5.74) is 2.34. The number of hydrogen-bond acceptors (Lipinski definition) is 6. The van der Waals surface area contributed by atoms with Gasteiger partial charge in [-0.3, -0.25) is 19.3 Å². The molecule has 1 aromatic carbocycles. The fraction of sp³-hybridized carbons (Fsp3) is 0.500. The van der Waals surface area contributed by atoms with Crippen LogP contribution >= 0.6 is 35.0 Å². The molecule has 2 saturated heterocycles. The van der Waals surface area contributed by atoms with Gasteiger partial charge in [0.1, 0.15) is 29.0 Å². The highest BCUT2D eigenvalue weighted by Gasteiger charge is 2.44. The Hall–Kier alpha value is -1.59. The smallest absolute Gasteiger partial charge is 0.262 e. The lowest BCUT2D eigenvalue weighted by Gasteiger charge is -2.33. The molecule has 0 saturated carbocycles. The van der Waals surface area contributed by atoms with Crippen LogP contribution in [0, 0.1) is 5.92 Å². The second-order valence-corrected chi connectivity index (χ2v) is 9.41. The van der Waals surface area contributed by atoms with E-state index >= 15 is 0 Å². The van der Waals surface area contributed by atoms with Crippen LogP contribution in [0.3, 0.4) is 0 Å². The predicted molar refractivity (Wildman–Crippen MR) is 131 cm³/mol. The fourth-order valence-corrected chi connectivity index (χ4v) is 5.23. The van der Waals surface area contributed by atoms with E-state index in [9.17, 15) is 14.4 Å². The van der Waals surface area contributed by atoms with Gasteiger partial charge in [-0.15, -0.1) is 0 Å². The van der Waals surface area contributed by atoms with Crippen LogP contribution in [0.5, 0.6) is 0 Å². The van der Waals surface area contributed by atoms with Crippen molar-refractivity contribution in [1.82, 2.24) is 10.2 Å². The minimum atomic E-state index is -0.773. The van der Waals surface area contributed by atoms with Crippen LogP contribution < -0.4 is 10.2 Å². The van der Waals surface area contributed by atoms with Gasteiger partial charge in [-0.1, -0.05) is 20.4 Å². The zero-order valence-corrected chi connectivity index (χ0v) is 20.8. The Kier molecular flexibility index (Phi) is 8.40. The third kappa shape index (κ3) is 5.09. The van der Waals surface area contributed by atoms with Gasteiger partial charge in [0.05, 0.1) is 11.1 Å². The van der Waals surface area contributed by atoms with Crippen LogP contribution in [0.4, 0.5) is 5.69 Å². The SMILES string of the molecule is C=C1CCC(N2C(=O)c3ccc(N4CCC(CSOI)CC4)cc3C2=O)C(=O)N1.CC. The quantitative estimate of drug-likeness (QED) is 0.330. The van der Waals surface area contributed by atoms with Crippen molar-refractivity contribution < 1.29 is 16.9 Å². The Morgan fingerprint density at radius 2 is 1.81 bits per heavy atom. The number of carbonyl (C=O) groups is 3. The van der Waals surface area contributed by atoms with E-state index < -0.39 is 11.9 Å². The number of amides is 3. The third-order valence-corrected chi connectivity index (χ3v) is 7.32. The van der Waals surface area contributed by atoms with Crippen LogP contribution in [-0.4, -0.2) is 47.5 Å². The summed E-state index contributed by atoms with van der Waals surface area (Å²) in [4.78, 5) is 41.5. The zero-order valence-electron chi connectivity index (χ0n) is 17.9. The van der Waals surface area contributed by atoms with Crippen molar-refractivity contribution in [3.8, 4) is 0 Å². The third-order valence-electron chi connectivity index (χ3n) is 5.86. The highest BCUT2D eigenvalue weighted by Crippen LogP contribution is 2.33. The molecule has 3 heterocycles. The summed E-state index contributed by atoms with van der Waals surface area (Å²) in [6.07, 6.45) is 3.10. The van der Waals surface area contributed by atoms with E-state index in [4.69, 9.17) is 2.51 Å². The second-order valence-electron chi connectivity index (χ2n) is 7.64. The lowest BCUT2D eigenvalue weighted by Crippen LogP contribution is -2.51. The molecule has 3 aliphatic heterocycles. The van der Waals surface area contributed by atoms with Crippen molar-refractivity contribution >= 4 is 58.5 Å². The molecule has 9 heteroatoms. The summed E-state index contributed by atoms with van der Waals surface area (Å²) in [5, 5.41) is 2.66. The van der Waals surface area contributed by atoms with Gasteiger partial charge in [-0.05, 0) is 49.8 Å². The summed E-state index contributed by atoms with van der Waals surface area (Å²) in [7, 11) is 0. The molecule has 0 spiro atoms. The average Bonchev–Trinajstić information content (AvgIpc) is 3.04. The van der Waals surface area contributed by atoms with E-state index in [1.54, 1.807) is 12.1 Å². The molecule has 3 aliphatic rings. The first-order valence-corrected chi connectivity index (χ1v) is 12.4. The van der Waals surface area contributed by atoms with Gasteiger partial charge >= 0.3 is 0 Å². The summed E-state index contributed by atoms with van der Waals surface area (Å²) in [6.45, 7) is 9.57. The van der Waals surface area contributed by atoms with E-state index in [0.29, 0.717) is 35.6 Å². The molecule has 1 N–H and O–H groups in total. The van der Waals surface area contributed by atoms with Crippen molar-refractivity contribution in [2.75, 3.05) is 23.7 Å². The van der Waals surface area contributed by atoms with Crippen molar-refractivity contribution in [3.63, 3.8) is 0 Å². The number of rotatable bonds is 5. The van der Waals surface area contributed by atoms with Gasteiger partial charge in [0, 0.05) is 42.3 Å². The van der Waals surface area contributed by atoms with Gasteiger partial charge in [0.15, 0.2) is 0 Å². The number of fused-ring (bicyclic) bond motifs is 1. The monoisotopic (exact) mass is 557 g/mol. The highest BCUT2D eigenvalue weighted by molar-refractivity contribution is 14.1. The largest absolute Gasteiger partial charge is 0.371 e. The molecule has 0 bridgehead atoms. The molecule has 0 radical (unpaired) electrons. The van der Waals surface area contributed by atoms with Gasteiger partial charge in [-0.2, -0.15) is 0 Å². The summed E-state index contributed by atoms with van der Waals surface area (Å²) < 4.78 is 5.07. The number of nitrogens with one attached hydrogen (secondary N) is 1. The number of halogens is 1. The first-order valence-electron chi connectivity index (χ1n) is 10.7. The Morgan fingerprint density at radius 1 is 1.13 bits per heavy atom. The van der Waals surface area contributed by atoms with Crippen LogP contribution in [0.2, 0.25) is 0 Å². The molecule has 31 heavy (non-hydrogen) atoms. The minimum Gasteiger partial charge on any atom is -0.371 e. The van der Waals surface area contributed by atoms with Gasteiger partial charge in [0.25, 0.3) is 11.8 Å². The molecule has 0 aromatic heterocycles. The standard InChI is InChI=1S/C20H22IN3O4S.C2H6/c1-12-2-5-17(18(25)22-12)24-19(26)15-4-3-14(10-16(15)20(24)27)23-8-6-13(7-9-23)11-29-28-21;1-2/h3-4,10,13,17H,1-2,5-9,11H2,(H,22,25);1-2H3. The number of piperidine rings is 2. The zero-order chi connectivity index (χ0) is 22.5. The maximum Gasteiger partial charge on any atom is 0.262 e. The topological polar surface area (TPSA) is 79.0 Å². The molecular weight excluding hydrogens is 529 g/mol. The first kappa shape index (κ1) is 24.1. The van der Waals surface area contributed by atoms with Crippen molar-refractivity contribution in [3.05, 3.63) is 41.6 Å². The molecule has 1 unspecified atom stereocenters. The number of imide groups is 1. The lowest BCUT2D eigenvalue weighted by atomic mass is 9.98. The number of nitrogens with zero attached hydrogens (tertiary/aromatic N) is 2. The normalized spacial score (nSPS) is 21.6. The van der Waals surface area contributed by atoms with E-state index in [1.165, 1.54) is 12.0 Å². The summed E-state index contributed by atoms with van der Waals surface area (Å²) in [5.74, 6) is 0.493. The maximum atomic E-state index is 13.0. The van der Waals surface area contributed by atoms with Crippen LogP contribution in [0.15, 0.2) is 30.5 Å². The summed E-state index contributed by atoms with van der Waals surface area (Å²) in [6, 6.07) is 4.65. The molecule has 168 valence electrons. The Bertz CT molecular complexity index is 870. The Labute approximate surface area is 201 Å². The molecule has 4 rings (SSSR count). The fourth-order valence-electron chi connectivity index (χ4n) is 4.22. The Balaban J connectivity index is 0.00000132. The van der Waals surface area contributed by atoms with E-state index in [2.05, 4.69) is 16.8 Å². The maximum absolute atomic E-state index is 13.0. The van der Waals surface area contributed by atoms with Gasteiger partial charge in [0.2, 0.25) is 5.91 Å². The van der Waals surface area contributed by atoms with Crippen LogP contribution in [0.1, 0.15) is 60.2 Å². The van der Waals surface area contributed by atoms with Crippen LogP contribution in [0.25, 0.3) is 0 Å². The first-order chi connectivity index (χ1) is 15.0. The molecule has 1 atom stereocenters. The van der Waals surface area contributed by atoms with Crippen molar-refractivity contribution in [2.45, 2.75) is 45.6 Å². The lowest BCUT2D eigenvalue weighted by molar-refractivity contribution is -0.125.